The molecule has 0 saturated heterocycles. The molecule has 0 N–H and O–H groups in total. The van der Waals surface area contributed by atoms with Crippen LogP contribution in [-0.2, 0) is 54.3 Å². The van der Waals surface area contributed by atoms with E-state index in [-0.39, 0.29) is 44.8 Å². The van der Waals surface area contributed by atoms with Gasteiger partial charge in [-0.2, -0.15) is 0 Å². The molecule has 88 valence electrons. The summed E-state index contributed by atoms with van der Waals surface area (Å²) in [5, 5.41) is 21.0. The molecule has 0 aromatic heterocycles. The van der Waals surface area contributed by atoms with Gasteiger partial charge < -0.3 is 19.8 Å². The van der Waals surface area contributed by atoms with E-state index < -0.39 is 30.2 Å². The van der Waals surface area contributed by atoms with Gasteiger partial charge in [-0.15, -0.1) is 24.7 Å². The Hall–Kier alpha value is -0.459. The van der Waals surface area contributed by atoms with Gasteiger partial charge >= 0.3 is 44.8 Å². The average molecular weight is 394 g/mol. The number of carboxylic acid groups (broad SMARTS) is 2. The number of carbonyl (C=O) groups excluding carboxylic acids is 2. The second-order valence-corrected chi connectivity index (χ2v) is 2.42. The van der Waals surface area contributed by atoms with Gasteiger partial charge in [0.05, 0.1) is 17.4 Å². The Morgan fingerprint density at radius 1 is 1.00 bits per heavy atom. The molecule has 0 atom stereocenters. The first-order valence-electron chi connectivity index (χ1n) is 3.31. The van der Waals surface area contributed by atoms with E-state index in [4.69, 9.17) is 12.8 Å². The van der Waals surface area contributed by atoms with Gasteiger partial charge in [0, 0.05) is 12.8 Å². The molecule has 0 aliphatic heterocycles. The summed E-state index contributed by atoms with van der Waals surface area (Å²) < 4.78 is 0. The number of carboxylic acids is 2. The second-order valence-electron chi connectivity index (χ2n) is 2.42. The van der Waals surface area contributed by atoms with Crippen LogP contribution in [0.3, 0.4) is 0 Å². The summed E-state index contributed by atoms with van der Waals surface area (Å²) in [6.45, 7) is 0. The molecular formula is C9H6Ag2O4. The van der Waals surface area contributed by atoms with Gasteiger partial charge in [-0.3, -0.25) is 0 Å². The maximum Gasteiger partial charge on any atom is 1.00 e. The van der Waals surface area contributed by atoms with E-state index >= 15 is 0 Å². The summed E-state index contributed by atoms with van der Waals surface area (Å²) >= 11 is 0. The van der Waals surface area contributed by atoms with Crippen LogP contribution in [0.2, 0.25) is 0 Å². The molecule has 0 aliphatic rings. The number of carbonyl (C=O) groups is 2. The molecule has 0 saturated carbocycles. The summed E-state index contributed by atoms with van der Waals surface area (Å²) in [6.07, 6.45) is 8.56. The zero-order valence-corrected chi connectivity index (χ0v) is 10.3. The average Bonchev–Trinajstić information content (AvgIpc) is 2.03. The molecule has 0 fully saturated rings. The third-order valence-electron chi connectivity index (χ3n) is 1.59. The van der Waals surface area contributed by atoms with Crippen molar-refractivity contribution in [3.63, 3.8) is 0 Å². The molecule has 0 unspecified atom stereocenters. The van der Waals surface area contributed by atoms with Gasteiger partial charge in [0.15, 0.2) is 0 Å². The first-order chi connectivity index (χ1) is 6.01. The first kappa shape index (κ1) is 20.0. The van der Waals surface area contributed by atoms with Crippen molar-refractivity contribution < 1.29 is 64.6 Å². The third-order valence-corrected chi connectivity index (χ3v) is 1.59. The molecule has 0 aliphatic carbocycles. The quantitative estimate of drug-likeness (QED) is 0.301. The second kappa shape index (κ2) is 8.82. The predicted molar refractivity (Wildman–Crippen MR) is 39.3 cm³/mol. The fourth-order valence-corrected chi connectivity index (χ4v) is 0.783. The largest absolute Gasteiger partial charge is 1.00 e. The minimum Gasteiger partial charge on any atom is -0.549 e. The van der Waals surface area contributed by atoms with Crippen LogP contribution in [0.15, 0.2) is 0 Å². The molecular weight excluding hydrogens is 388 g/mol. The van der Waals surface area contributed by atoms with E-state index in [1.807, 2.05) is 11.8 Å². The van der Waals surface area contributed by atoms with Crippen LogP contribution in [-0.4, -0.2) is 11.9 Å². The normalized spacial score (nSPS) is 8.40. The molecule has 0 bridgehead atoms. The topological polar surface area (TPSA) is 80.3 Å². The smallest absolute Gasteiger partial charge is 0.549 e. The maximum atomic E-state index is 10.5. The van der Waals surface area contributed by atoms with Gasteiger partial charge in [-0.25, -0.2) is 0 Å². The molecule has 0 spiro atoms. The number of terminal acetylenes is 2. The van der Waals surface area contributed by atoms with Crippen molar-refractivity contribution in [2.24, 2.45) is 5.41 Å². The summed E-state index contributed by atoms with van der Waals surface area (Å²) in [5.74, 6) is 0.205. The van der Waals surface area contributed by atoms with Crippen molar-refractivity contribution >= 4 is 11.9 Å². The Labute approximate surface area is 119 Å². The van der Waals surface area contributed by atoms with Crippen molar-refractivity contribution in [2.75, 3.05) is 0 Å². The van der Waals surface area contributed by atoms with Gasteiger partial charge in [-0.1, -0.05) is 0 Å². The fraction of sp³-hybridized carbons (Fsp3) is 0.333. The standard InChI is InChI=1S/C9H8O4.2Ag/c1-3-5-9(6-4-2,7(10)11)8(12)13;;/h1-2H,5-6H2,(H,10,11)(H,12,13);;/q;2*+1/p-2. The Balaban J connectivity index is -0.000000720. The van der Waals surface area contributed by atoms with Crippen molar-refractivity contribution in [3.8, 4) is 24.7 Å². The first-order valence-corrected chi connectivity index (χ1v) is 3.31. The van der Waals surface area contributed by atoms with Crippen LogP contribution < -0.4 is 10.2 Å². The van der Waals surface area contributed by atoms with Gasteiger partial charge in [0.25, 0.3) is 0 Å². The SMILES string of the molecule is C#CCC(CC#C)(C(=O)[O-])C(=O)[O-].[Ag+].[Ag+]. The van der Waals surface area contributed by atoms with Crippen LogP contribution in [0, 0.1) is 30.1 Å². The van der Waals surface area contributed by atoms with Crippen LogP contribution in [0.5, 0.6) is 0 Å². The summed E-state index contributed by atoms with van der Waals surface area (Å²) in [6, 6.07) is 0. The van der Waals surface area contributed by atoms with Gasteiger partial charge in [-0.05, 0) is 0 Å². The Morgan fingerprint density at radius 2 is 1.27 bits per heavy atom. The molecule has 0 aromatic carbocycles. The zero-order chi connectivity index (χ0) is 10.5. The fourth-order valence-electron chi connectivity index (χ4n) is 0.783. The molecule has 4 nitrogen and oxygen atoms in total. The molecule has 0 heterocycles. The maximum absolute atomic E-state index is 10.5. The number of hydrogen-bond donors (Lipinski definition) is 0. The number of hydrogen-bond acceptors (Lipinski definition) is 4. The molecule has 15 heavy (non-hydrogen) atoms. The monoisotopic (exact) mass is 392 g/mol. The van der Waals surface area contributed by atoms with E-state index in [0.717, 1.165) is 0 Å². The van der Waals surface area contributed by atoms with Gasteiger partial charge in [0.1, 0.15) is 0 Å². The van der Waals surface area contributed by atoms with E-state index in [0.29, 0.717) is 0 Å². The van der Waals surface area contributed by atoms with Crippen molar-refractivity contribution in [1.82, 2.24) is 0 Å². The molecule has 6 heteroatoms. The number of rotatable bonds is 4. The van der Waals surface area contributed by atoms with Crippen molar-refractivity contribution in [2.45, 2.75) is 12.8 Å². The van der Waals surface area contributed by atoms with Crippen molar-refractivity contribution in [1.29, 1.82) is 0 Å². The van der Waals surface area contributed by atoms with Crippen LogP contribution in [0.25, 0.3) is 0 Å². The zero-order valence-electron chi connectivity index (χ0n) is 7.30. The van der Waals surface area contributed by atoms with Gasteiger partial charge in [0.2, 0.25) is 0 Å². The molecule has 0 aromatic rings. The molecule has 0 rings (SSSR count). The van der Waals surface area contributed by atoms with Crippen LogP contribution in [0.1, 0.15) is 12.8 Å². The summed E-state index contributed by atoms with van der Waals surface area (Å²) in [4.78, 5) is 21.0. The minimum atomic E-state index is -2.26. The molecule has 0 amide bonds. The van der Waals surface area contributed by atoms with E-state index in [9.17, 15) is 19.8 Å². The Morgan fingerprint density at radius 3 is 1.40 bits per heavy atom. The summed E-state index contributed by atoms with van der Waals surface area (Å²) in [7, 11) is 0. The van der Waals surface area contributed by atoms with Crippen molar-refractivity contribution in [3.05, 3.63) is 0 Å². The van der Waals surface area contributed by atoms with Crippen LogP contribution in [0.4, 0.5) is 0 Å². The van der Waals surface area contributed by atoms with Crippen LogP contribution >= 0.6 is 0 Å². The minimum absolute atomic E-state index is 0. The summed E-state index contributed by atoms with van der Waals surface area (Å²) in [5.41, 5.74) is -2.26. The number of aliphatic carboxylic acids is 2. The van der Waals surface area contributed by atoms with E-state index in [1.54, 1.807) is 0 Å². The molecule has 0 radical (unpaired) electrons. The predicted octanol–water partition coefficient (Wildman–Crippen LogP) is -2.49. The Bertz CT molecular complexity index is 279. The third kappa shape index (κ3) is 4.72. The van der Waals surface area contributed by atoms with E-state index in [1.165, 1.54) is 0 Å². The Kier molecular flexibility index (Phi) is 11.8. The van der Waals surface area contributed by atoms with E-state index in [2.05, 4.69) is 0 Å².